The van der Waals surface area contributed by atoms with Gasteiger partial charge in [0.1, 0.15) is 5.58 Å². The SMILES string of the molecule is c1ccc(-c2cccc(-c3ccc(N(c4ccc(-c5ccc(-c6cccc(-c7ccc8ccccc8c7)c6)cc5)cc4)c4cccc5c4oc4ccccc45)cc3)c2)cc1. The van der Waals surface area contributed by atoms with E-state index >= 15 is 0 Å². The minimum Gasteiger partial charge on any atom is -0.454 e. The number of hydrogen-bond acceptors (Lipinski definition) is 2. The second kappa shape index (κ2) is 15.1. The van der Waals surface area contributed by atoms with Crippen molar-refractivity contribution in [2.75, 3.05) is 4.90 Å². The highest BCUT2D eigenvalue weighted by Crippen LogP contribution is 2.43. The molecule has 11 aromatic rings. The highest BCUT2D eigenvalue weighted by Gasteiger charge is 2.20. The molecule has 0 bridgehead atoms. The molecule has 0 aliphatic rings. The van der Waals surface area contributed by atoms with Crippen molar-refractivity contribution in [1.29, 1.82) is 0 Å². The van der Waals surface area contributed by atoms with Crippen molar-refractivity contribution in [1.82, 2.24) is 0 Å². The maximum atomic E-state index is 6.60. The Balaban J connectivity index is 0.922. The van der Waals surface area contributed by atoms with Gasteiger partial charge in [-0.25, -0.2) is 0 Å². The van der Waals surface area contributed by atoms with Crippen LogP contribution in [0.25, 0.3) is 88.3 Å². The van der Waals surface area contributed by atoms with Gasteiger partial charge >= 0.3 is 0 Å². The number of hydrogen-bond donors (Lipinski definition) is 0. The van der Waals surface area contributed by atoms with Crippen LogP contribution in [0.1, 0.15) is 0 Å². The van der Waals surface area contributed by atoms with Gasteiger partial charge in [-0.3, -0.25) is 0 Å². The Hall–Kier alpha value is -7.94. The summed E-state index contributed by atoms with van der Waals surface area (Å²) < 4.78 is 6.60. The Morgan fingerprint density at radius 3 is 1.32 bits per heavy atom. The Labute approximate surface area is 349 Å². The topological polar surface area (TPSA) is 16.4 Å². The summed E-state index contributed by atoms with van der Waals surface area (Å²) in [6.07, 6.45) is 0. The molecule has 10 aromatic carbocycles. The molecule has 282 valence electrons. The summed E-state index contributed by atoms with van der Waals surface area (Å²) in [5.74, 6) is 0. The van der Waals surface area contributed by atoms with Crippen LogP contribution < -0.4 is 4.90 Å². The molecule has 11 rings (SSSR count). The van der Waals surface area contributed by atoms with Crippen LogP contribution in [-0.4, -0.2) is 0 Å². The molecule has 0 N–H and O–H groups in total. The van der Waals surface area contributed by atoms with Gasteiger partial charge in [0.25, 0.3) is 0 Å². The van der Waals surface area contributed by atoms with Crippen molar-refractivity contribution in [3.63, 3.8) is 0 Å². The lowest BCUT2D eigenvalue weighted by atomic mass is 9.96. The number of para-hydroxylation sites is 2. The summed E-state index contributed by atoms with van der Waals surface area (Å²) in [6, 6.07) is 84.8. The molecule has 0 fully saturated rings. The monoisotopic (exact) mass is 765 g/mol. The average molecular weight is 766 g/mol. The molecule has 0 unspecified atom stereocenters. The summed E-state index contributed by atoms with van der Waals surface area (Å²) >= 11 is 0. The van der Waals surface area contributed by atoms with Crippen molar-refractivity contribution >= 4 is 49.8 Å². The van der Waals surface area contributed by atoms with E-state index in [1.807, 2.05) is 12.1 Å². The van der Waals surface area contributed by atoms with Gasteiger partial charge in [0, 0.05) is 22.1 Å². The Morgan fingerprint density at radius 2 is 0.683 bits per heavy atom. The van der Waals surface area contributed by atoms with Gasteiger partial charge in [0.05, 0.1) is 5.69 Å². The maximum Gasteiger partial charge on any atom is 0.159 e. The smallest absolute Gasteiger partial charge is 0.159 e. The number of fused-ring (bicyclic) bond motifs is 4. The van der Waals surface area contributed by atoms with Crippen molar-refractivity contribution < 1.29 is 4.42 Å². The molecule has 0 saturated carbocycles. The van der Waals surface area contributed by atoms with Crippen LogP contribution in [0.2, 0.25) is 0 Å². The molecule has 0 radical (unpaired) electrons. The second-order valence-electron chi connectivity index (χ2n) is 15.3. The first-order valence-corrected chi connectivity index (χ1v) is 20.5. The molecule has 60 heavy (non-hydrogen) atoms. The third-order valence-electron chi connectivity index (χ3n) is 11.7. The lowest BCUT2D eigenvalue weighted by Gasteiger charge is -2.26. The van der Waals surface area contributed by atoms with E-state index in [4.69, 9.17) is 4.42 Å². The zero-order valence-corrected chi connectivity index (χ0v) is 32.9. The van der Waals surface area contributed by atoms with Gasteiger partial charge in [-0.1, -0.05) is 182 Å². The lowest BCUT2D eigenvalue weighted by molar-refractivity contribution is 0.669. The van der Waals surface area contributed by atoms with Crippen LogP contribution in [0.5, 0.6) is 0 Å². The molecule has 1 aromatic heterocycles. The minimum absolute atomic E-state index is 0.864. The Bertz CT molecular complexity index is 3290. The summed E-state index contributed by atoms with van der Waals surface area (Å²) in [6.45, 7) is 0. The standard InChI is InChI=1S/C58H39NO/c1-2-11-40(12-3-1)47-15-8-16-48(37-47)45-31-35-53(36-32-45)59(56-21-10-20-55-54-19-6-7-22-57(54)60-58(55)56)52-33-29-43(30-34-52)42-23-25-44(26-24-42)49-17-9-18-50(38-49)51-28-27-41-13-4-5-14-46(41)39-51/h1-39H. The first kappa shape index (κ1) is 35.2. The average Bonchev–Trinajstić information content (AvgIpc) is 3.72. The quantitative estimate of drug-likeness (QED) is 0.153. The molecular weight excluding hydrogens is 727 g/mol. The first-order valence-electron chi connectivity index (χ1n) is 20.5. The predicted octanol–water partition coefficient (Wildman–Crippen LogP) is 16.5. The van der Waals surface area contributed by atoms with Crippen LogP contribution in [0.4, 0.5) is 17.1 Å². The van der Waals surface area contributed by atoms with Gasteiger partial charge < -0.3 is 9.32 Å². The van der Waals surface area contributed by atoms with E-state index in [2.05, 4.69) is 229 Å². The minimum atomic E-state index is 0.864. The molecule has 2 heteroatoms. The van der Waals surface area contributed by atoms with E-state index in [1.165, 1.54) is 55.3 Å². The van der Waals surface area contributed by atoms with E-state index < -0.39 is 0 Å². The fourth-order valence-corrected chi connectivity index (χ4v) is 8.55. The molecule has 1 heterocycles. The van der Waals surface area contributed by atoms with E-state index in [0.29, 0.717) is 0 Å². The normalized spacial score (nSPS) is 11.3. The largest absolute Gasteiger partial charge is 0.454 e. The van der Waals surface area contributed by atoms with Crippen LogP contribution in [-0.2, 0) is 0 Å². The highest BCUT2D eigenvalue weighted by molar-refractivity contribution is 6.10. The number of benzene rings is 10. The first-order chi connectivity index (χ1) is 29.7. The molecular formula is C58H39NO. The van der Waals surface area contributed by atoms with E-state index in [9.17, 15) is 0 Å². The second-order valence-corrected chi connectivity index (χ2v) is 15.3. The molecule has 0 saturated heterocycles. The van der Waals surface area contributed by atoms with Crippen LogP contribution >= 0.6 is 0 Å². The zero-order valence-electron chi connectivity index (χ0n) is 32.9. The lowest BCUT2D eigenvalue weighted by Crippen LogP contribution is -2.10. The summed E-state index contributed by atoms with van der Waals surface area (Å²) in [4.78, 5) is 2.31. The third kappa shape index (κ3) is 6.61. The summed E-state index contributed by atoms with van der Waals surface area (Å²) in [5.41, 5.74) is 16.8. The van der Waals surface area contributed by atoms with Gasteiger partial charge in [-0.15, -0.1) is 0 Å². The van der Waals surface area contributed by atoms with Crippen molar-refractivity contribution in [3.8, 4) is 55.6 Å². The molecule has 0 atom stereocenters. The Kier molecular flexibility index (Phi) is 8.87. The van der Waals surface area contributed by atoms with Crippen molar-refractivity contribution in [2.45, 2.75) is 0 Å². The fraction of sp³-hybridized carbons (Fsp3) is 0. The predicted molar refractivity (Wildman–Crippen MR) is 253 cm³/mol. The van der Waals surface area contributed by atoms with E-state index in [0.717, 1.165) is 50.1 Å². The third-order valence-corrected chi connectivity index (χ3v) is 11.7. The summed E-state index contributed by atoms with van der Waals surface area (Å²) in [7, 11) is 0. The van der Waals surface area contributed by atoms with Gasteiger partial charge in [0.15, 0.2) is 5.58 Å². The number of nitrogens with zero attached hydrogens (tertiary/aromatic N) is 1. The van der Waals surface area contributed by atoms with Crippen LogP contribution in [0.15, 0.2) is 241 Å². The molecule has 0 spiro atoms. The van der Waals surface area contributed by atoms with Gasteiger partial charge in [-0.2, -0.15) is 0 Å². The number of furan rings is 1. The zero-order chi connectivity index (χ0) is 39.8. The fourth-order valence-electron chi connectivity index (χ4n) is 8.55. The highest BCUT2D eigenvalue weighted by atomic mass is 16.3. The van der Waals surface area contributed by atoms with Crippen LogP contribution in [0, 0.1) is 0 Å². The maximum absolute atomic E-state index is 6.60. The van der Waals surface area contributed by atoms with E-state index in [1.54, 1.807) is 0 Å². The van der Waals surface area contributed by atoms with Crippen LogP contribution in [0.3, 0.4) is 0 Å². The summed E-state index contributed by atoms with van der Waals surface area (Å²) in [5, 5.41) is 4.72. The van der Waals surface area contributed by atoms with Gasteiger partial charge in [-0.05, 0) is 121 Å². The molecule has 0 aliphatic heterocycles. The molecule has 0 amide bonds. The van der Waals surface area contributed by atoms with Crippen molar-refractivity contribution in [2.24, 2.45) is 0 Å². The Morgan fingerprint density at radius 1 is 0.267 bits per heavy atom. The van der Waals surface area contributed by atoms with E-state index in [-0.39, 0.29) is 0 Å². The van der Waals surface area contributed by atoms with Gasteiger partial charge in [0.2, 0.25) is 0 Å². The molecule has 0 aliphatic carbocycles. The van der Waals surface area contributed by atoms with Crippen molar-refractivity contribution in [3.05, 3.63) is 237 Å². The molecule has 2 nitrogen and oxygen atoms in total. The number of rotatable bonds is 8. The number of anilines is 3.